The van der Waals surface area contributed by atoms with Gasteiger partial charge in [-0.2, -0.15) is 8.42 Å². The van der Waals surface area contributed by atoms with Crippen LogP contribution in [-0.2, 0) is 19.3 Å². The van der Waals surface area contributed by atoms with Gasteiger partial charge in [-0.15, -0.1) is 0 Å². The summed E-state index contributed by atoms with van der Waals surface area (Å²) in [6.45, 7) is 3.30. The second kappa shape index (κ2) is 26.6. The monoisotopic (exact) mass is 582 g/mol. The number of rotatable bonds is 30. The minimum Gasteiger partial charge on any atom is -0.394 e. The Balaban J connectivity index is 4.69. The predicted molar refractivity (Wildman–Crippen MR) is 158 cm³/mol. The molecule has 4 atom stereocenters. The first-order chi connectivity index (χ1) is 18.8. The SMILES string of the molecule is CCCCCCCCCCCCC(OC(CCCCCCCCCCCC)C(CO)OS(=O)(=O)O)C(O)CO. The molecule has 0 aliphatic heterocycles. The second-order valence-electron chi connectivity index (χ2n) is 11.1. The summed E-state index contributed by atoms with van der Waals surface area (Å²) >= 11 is 0. The summed E-state index contributed by atoms with van der Waals surface area (Å²) in [7, 11) is -4.78. The van der Waals surface area contributed by atoms with Crippen LogP contribution < -0.4 is 0 Å². The maximum Gasteiger partial charge on any atom is 0.397 e. The molecule has 236 valence electrons. The van der Waals surface area contributed by atoms with E-state index in [0.29, 0.717) is 12.8 Å². The van der Waals surface area contributed by atoms with Crippen LogP contribution in [-0.4, -0.2) is 65.9 Å². The molecule has 4 N–H and O–H groups in total. The first kappa shape index (κ1) is 38.7. The van der Waals surface area contributed by atoms with Crippen LogP contribution in [0.2, 0.25) is 0 Å². The lowest BCUT2D eigenvalue weighted by Gasteiger charge is -2.31. The Morgan fingerprint density at radius 3 is 1.23 bits per heavy atom. The highest BCUT2D eigenvalue weighted by Gasteiger charge is 2.31. The predicted octanol–water partition coefficient (Wildman–Crippen LogP) is 6.90. The quantitative estimate of drug-likeness (QED) is 0.0531. The van der Waals surface area contributed by atoms with Crippen molar-refractivity contribution in [2.24, 2.45) is 0 Å². The molecule has 0 aromatic rings. The standard InChI is InChI=1S/C30H62O8S/c1-3-5-7-9-11-13-15-17-19-21-23-28(27(33)25-31)37-29(30(26-32)38-39(34,35)36)24-22-20-18-16-14-12-10-8-6-4-2/h27-33H,3-26H2,1-2H3,(H,34,35,36). The summed E-state index contributed by atoms with van der Waals surface area (Å²) in [5, 5.41) is 29.8. The molecule has 0 aromatic carbocycles. The van der Waals surface area contributed by atoms with Crippen molar-refractivity contribution in [1.29, 1.82) is 0 Å². The highest BCUT2D eigenvalue weighted by molar-refractivity contribution is 7.80. The van der Waals surface area contributed by atoms with Crippen molar-refractivity contribution in [3.63, 3.8) is 0 Å². The molecule has 0 rings (SSSR count). The Kier molecular flexibility index (Phi) is 26.4. The molecule has 0 radical (unpaired) electrons. The van der Waals surface area contributed by atoms with E-state index in [1.165, 1.54) is 83.5 Å². The second-order valence-corrected chi connectivity index (χ2v) is 12.2. The molecule has 0 aliphatic rings. The zero-order chi connectivity index (χ0) is 29.2. The first-order valence-electron chi connectivity index (χ1n) is 16.0. The number of hydrogen-bond donors (Lipinski definition) is 4. The van der Waals surface area contributed by atoms with Crippen LogP contribution in [0.1, 0.15) is 155 Å². The van der Waals surface area contributed by atoms with Gasteiger partial charge in [0.2, 0.25) is 0 Å². The lowest BCUT2D eigenvalue weighted by molar-refractivity contribution is -0.132. The van der Waals surface area contributed by atoms with Crippen LogP contribution in [0.4, 0.5) is 0 Å². The normalized spacial score (nSPS) is 15.3. The molecule has 0 fully saturated rings. The van der Waals surface area contributed by atoms with Gasteiger partial charge in [0.15, 0.2) is 0 Å². The van der Waals surface area contributed by atoms with Crippen LogP contribution in [0.25, 0.3) is 0 Å². The van der Waals surface area contributed by atoms with Crippen LogP contribution in [0.3, 0.4) is 0 Å². The van der Waals surface area contributed by atoms with E-state index < -0.39 is 48.0 Å². The Labute approximate surface area is 240 Å². The van der Waals surface area contributed by atoms with Crippen molar-refractivity contribution in [3.8, 4) is 0 Å². The Bertz CT molecular complexity index is 616. The van der Waals surface area contributed by atoms with E-state index in [-0.39, 0.29) is 0 Å². The highest BCUT2D eigenvalue weighted by Crippen LogP contribution is 2.22. The third kappa shape index (κ3) is 24.1. The zero-order valence-electron chi connectivity index (χ0n) is 25.1. The molecule has 0 aliphatic carbocycles. The van der Waals surface area contributed by atoms with Crippen molar-refractivity contribution in [3.05, 3.63) is 0 Å². The van der Waals surface area contributed by atoms with E-state index in [1.807, 2.05) is 0 Å². The summed E-state index contributed by atoms with van der Waals surface area (Å²) < 4.78 is 42.8. The lowest BCUT2D eigenvalue weighted by Crippen LogP contribution is -2.43. The van der Waals surface area contributed by atoms with Crippen molar-refractivity contribution < 1.29 is 37.2 Å². The minimum absolute atomic E-state index is 0.421. The maximum absolute atomic E-state index is 11.4. The fourth-order valence-corrected chi connectivity index (χ4v) is 5.56. The zero-order valence-corrected chi connectivity index (χ0v) is 25.9. The van der Waals surface area contributed by atoms with E-state index >= 15 is 0 Å². The number of hydrogen-bond acceptors (Lipinski definition) is 7. The lowest BCUT2D eigenvalue weighted by atomic mass is 10.0. The molecule has 0 aromatic heterocycles. The summed E-state index contributed by atoms with van der Waals surface area (Å²) in [4.78, 5) is 0. The van der Waals surface area contributed by atoms with Gasteiger partial charge < -0.3 is 20.1 Å². The topological polar surface area (TPSA) is 134 Å². The number of ether oxygens (including phenoxy) is 1. The number of unbranched alkanes of at least 4 members (excludes halogenated alkanes) is 18. The molecular weight excluding hydrogens is 520 g/mol. The third-order valence-electron chi connectivity index (χ3n) is 7.49. The van der Waals surface area contributed by atoms with Gasteiger partial charge in [0, 0.05) is 0 Å². The molecule has 39 heavy (non-hydrogen) atoms. The van der Waals surface area contributed by atoms with E-state index in [9.17, 15) is 28.3 Å². The van der Waals surface area contributed by atoms with Crippen molar-refractivity contribution in [2.45, 2.75) is 180 Å². The fraction of sp³-hybridized carbons (Fsp3) is 1.00. The van der Waals surface area contributed by atoms with Gasteiger partial charge in [-0.3, -0.25) is 4.55 Å². The van der Waals surface area contributed by atoms with Crippen LogP contribution in [0.15, 0.2) is 0 Å². The smallest absolute Gasteiger partial charge is 0.394 e. The molecule has 0 spiro atoms. The average molecular weight is 583 g/mol. The third-order valence-corrected chi connectivity index (χ3v) is 7.98. The van der Waals surface area contributed by atoms with Gasteiger partial charge in [0.25, 0.3) is 0 Å². The molecule has 0 amide bonds. The Morgan fingerprint density at radius 1 is 0.538 bits per heavy atom. The van der Waals surface area contributed by atoms with E-state index in [0.717, 1.165) is 44.9 Å². The fourth-order valence-electron chi connectivity index (χ4n) is 5.07. The molecule has 0 bridgehead atoms. The summed E-state index contributed by atoms with van der Waals surface area (Å²) in [5.41, 5.74) is 0. The molecule has 4 unspecified atom stereocenters. The molecule has 8 nitrogen and oxygen atoms in total. The van der Waals surface area contributed by atoms with Crippen LogP contribution >= 0.6 is 0 Å². The van der Waals surface area contributed by atoms with E-state index in [1.54, 1.807) is 0 Å². The molecule has 0 saturated heterocycles. The molecular formula is C30H62O8S. The number of aliphatic hydroxyl groups excluding tert-OH is 3. The van der Waals surface area contributed by atoms with Gasteiger partial charge >= 0.3 is 10.4 Å². The van der Waals surface area contributed by atoms with Crippen LogP contribution in [0.5, 0.6) is 0 Å². The van der Waals surface area contributed by atoms with Gasteiger partial charge in [0.1, 0.15) is 12.2 Å². The van der Waals surface area contributed by atoms with Crippen molar-refractivity contribution >= 4 is 10.4 Å². The summed E-state index contributed by atoms with van der Waals surface area (Å²) in [5.74, 6) is 0. The molecule has 0 heterocycles. The first-order valence-corrected chi connectivity index (χ1v) is 17.4. The van der Waals surface area contributed by atoms with E-state index in [4.69, 9.17) is 8.92 Å². The van der Waals surface area contributed by atoms with Gasteiger partial charge in [-0.05, 0) is 12.8 Å². The molecule has 9 heteroatoms. The molecule has 0 saturated carbocycles. The van der Waals surface area contributed by atoms with Gasteiger partial charge in [0.05, 0.1) is 25.4 Å². The van der Waals surface area contributed by atoms with Crippen LogP contribution in [0, 0.1) is 0 Å². The maximum atomic E-state index is 11.4. The van der Waals surface area contributed by atoms with Crippen molar-refractivity contribution in [1.82, 2.24) is 0 Å². The van der Waals surface area contributed by atoms with Gasteiger partial charge in [-0.1, -0.05) is 142 Å². The van der Waals surface area contributed by atoms with E-state index in [2.05, 4.69) is 13.8 Å². The van der Waals surface area contributed by atoms with Gasteiger partial charge in [-0.25, -0.2) is 4.18 Å². The Hall–Kier alpha value is -0.290. The average Bonchev–Trinajstić information content (AvgIpc) is 2.91. The van der Waals surface area contributed by atoms with Crippen molar-refractivity contribution in [2.75, 3.05) is 13.2 Å². The largest absolute Gasteiger partial charge is 0.397 e. The Morgan fingerprint density at radius 2 is 0.897 bits per heavy atom. The summed E-state index contributed by atoms with van der Waals surface area (Å²) in [6, 6.07) is 0. The minimum atomic E-state index is -4.78. The highest BCUT2D eigenvalue weighted by atomic mass is 32.3. The number of aliphatic hydroxyl groups is 3. The summed E-state index contributed by atoms with van der Waals surface area (Å²) in [6.07, 6.45) is 20.2.